The Bertz CT molecular complexity index is 1210. The van der Waals surface area contributed by atoms with Crippen LogP contribution in [0.5, 0.6) is 0 Å². The molecule has 1 amide bonds. The number of nitrogens with zero attached hydrogens (tertiary/aromatic N) is 4. The summed E-state index contributed by atoms with van der Waals surface area (Å²) in [6.45, 7) is 6.03. The monoisotopic (exact) mass is 432 g/mol. The quantitative estimate of drug-likeness (QED) is 0.450. The highest BCUT2D eigenvalue weighted by Crippen LogP contribution is 2.20. The summed E-state index contributed by atoms with van der Waals surface area (Å²) in [6.07, 6.45) is 0. The number of rotatable bonds is 5. The molecule has 4 aromatic rings. The summed E-state index contributed by atoms with van der Waals surface area (Å²) < 4.78 is 1.79. The third-order valence-corrected chi connectivity index (χ3v) is 5.29. The number of aromatic nitrogens is 4. The van der Waals surface area contributed by atoms with E-state index in [9.17, 15) is 4.79 Å². The maximum Gasteiger partial charge on any atom is 0.255 e. The predicted molar refractivity (Wildman–Crippen MR) is 122 cm³/mol. The molecule has 2 N–H and O–H groups in total. The summed E-state index contributed by atoms with van der Waals surface area (Å²) in [4.78, 5) is 12.3. The highest BCUT2D eigenvalue weighted by Gasteiger charge is 2.10. The third-order valence-electron chi connectivity index (χ3n) is 5.04. The molecule has 0 aliphatic rings. The van der Waals surface area contributed by atoms with Gasteiger partial charge in [-0.25, -0.2) is 4.68 Å². The highest BCUT2D eigenvalue weighted by atomic mass is 35.5. The van der Waals surface area contributed by atoms with E-state index >= 15 is 0 Å². The average molecular weight is 433 g/mol. The SMILES string of the molecule is Cc1nn(-c2ccc(Nc3ccc(NC(=O)c4ccc(Cl)cc4)cc3)nn2)c(C)c1C. The molecule has 2 aromatic heterocycles. The van der Waals surface area contributed by atoms with Gasteiger partial charge in [0.1, 0.15) is 0 Å². The fourth-order valence-corrected chi connectivity index (χ4v) is 3.16. The van der Waals surface area contributed by atoms with Crippen molar-refractivity contribution in [3.63, 3.8) is 0 Å². The van der Waals surface area contributed by atoms with Crippen molar-refractivity contribution in [3.8, 4) is 5.82 Å². The van der Waals surface area contributed by atoms with Crippen LogP contribution in [0, 0.1) is 20.8 Å². The summed E-state index contributed by atoms with van der Waals surface area (Å²) in [7, 11) is 0. The number of hydrogen-bond donors (Lipinski definition) is 2. The van der Waals surface area contributed by atoms with Gasteiger partial charge in [0, 0.05) is 27.7 Å². The molecule has 8 heteroatoms. The second-order valence-electron chi connectivity index (χ2n) is 7.15. The van der Waals surface area contributed by atoms with Gasteiger partial charge in [0.05, 0.1) is 5.69 Å². The Kier molecular flexibility index (Phi) is 5.68. The molecular formula is C23H21ClN6O. The van der Waals surface area contributed by atoms with Crippen LogP contribution < -0.4 is 10.6 Å². The Morgan fingerprint density at radius 2 is 1.55 bits per heavy atom. The van der Waals surface area contributed by atoms with E-state index in [4.69, 9.17) is 11.6 Å². The molecule has 0 saturated heterocycles. The van der Waals surface area contributed by atoms with Gasteiger partial charge in [-0.2, -0.15) is 5.10 Å². The minimum Gasteiger partial charge on any atom is -0.339 e. The van der Waals surface area contributed by atoms with Gasteiger partial charge >= 0.3 is 0 Å². The van der Waals surface area contributed by atoms with Crippen LogP contribution in [-0.2, 0) is 0 Å². The second kappa shape index (κ2) is 8.57. The minimum atomic E-state index is -0.196. The Morgan fingerprint density at radius 1 is 0.871 bits per heavy atom. The topological polar surface area (TPSA) is 84.7 Å². The maximum absolute atomic E-state index is 12.3. The zero-order valence-electron chi connectivity index (χ0n) is 17.3. The van der Waals surface area contributed by atoms with Gasteiger partial charge in [0.25, 0.3) is 5.91 Å². The summed E-state index contributed by atoms with van der Waals surface area (Å²) >= 11 is 5.86. The lowest BCUT2D eigenvalue weighted by Gasteiger charge is -2.09. The predicted octanol–water partition coefficient (Wildman–Crippen LogP) is 5.24. The van der Waals surface area contributed by atoms with Crippen LogP contribution in [-0.4, -0.2) is 25.9 Å². The smallest absolute Gasteiger partial charge is 0.255 e. The zero-order chi connectivity index (χ0) is 22.0. The lowest BCUT2D eigenvalue weighted by atomic mass is 10.2. The third kappa shape index (κ3) is 4.57. The molecule has 0 spiro atoms. The molecule has 0 aliphatic carbocycles. The molecule has 7 nitrogen and oxygen atoms in total. The molecule has 31 heavy (non-hydrogen) atoms. The molecule has 0 unspecified atom stereocenters. The molecule has 0 aliphatic heterocycles. The van der Waals surface area contributed by atoms with E-state index in [-0.39, 0.29) is 5.91 Å². The summed E-state index contributed by atoms with van der Waals surface area (Å²) in [5, 5.41) is 19.7. The number of aryl methyl sites for hydroxylation is 1. The number of amides is 1. The number of carbonyl (C=O) groups excluding carboxylic acids is 1. The van der Waals surface area contributed by atoms with Crippen molar-refractivity contribution in [2.24, 2.45) is 0 Å². The van der Waals surface area contributed by atoms with Crippen molar-refractivity contribution < 1.29 is 4.79 Å². The van der Waals surface area contributed by atoms with Gasteiger partial charge in [-0.05, 0) is 87.0 Å². The van der Waals surface area contributed by atoms with E-state index < -0.39 is 0 Å². The molecule has 2 aromatic carbocycles. The first kappa shape index (κ1) is 20.6. The van der Waals surface area contributed by atoms with E-state index in [1.165, 1.54) is 0 Å². The van der Waals surface area contributed by atoms with E-state index in [0.29, 0.717) is 27.9 Å². The van der Waals surface area contributed by atoms with E-state index in [0.717, 1.165) is 22.6 Å². The van der Waals surface area contributed by atoms with Crippen molar-refractivity contribution in [2.75, 3.05) is 10.6 Å². The van der Waals surface area contributed by atoms with Gasteiger partial charge in [-0.1, -0.05) is 11.6 Å². The van der Waals surface area contributed by atoms with Gasteiger partial charge < -0.3 is 10.6 Å². The largest absolute Gasteiger partial charge is 0.339 e. The molecular weight excluding hydrogens is 412 g/mol. The van der Waals surface area contributed by atoms with Gasteiger partial charge in [0.2, 0.25) is 0 Å². The van der Waals surface area contributed by atoms with Gasteiger partial charge in [-0.15, -0.1) is 10.2 Å². The summed E-state index contributed by atoms with van der Waals surface area (Å²) in [5.41, 5.74) is 5.22. The number of hydrogen-bond acceptors (Lipinski definition) is 5. The first-order valence-electron chi connectivity index (χ1n) is 9.71. The van der Waals surface area contributed by atoms with Gasteiger partial charge in [0.15, 0.2) is 11.6 Å². The molecule has 0 radical (unpaired) electrons. The highest BCUT2D eigenvalue weighted by molar-refractivity contribution is 6.30. The van der Waals surface area contributed by atoms with Crippen LogP contribution in [0.4, 0.5) is 17.2 Å². The van der Waals surface area contributed by atoms with Crippen LogP contribution in [0.25, 0.3) is 5.82 Å². The van der Waals surface area contributed by atoms with Crippen molar-refractivity contribution >= 4 is 34.7 Å². The summed E-state index contributed by atoms with van der Waals surface area (Å²) in [5.74, 6) is 1.08. The number of anilines is 3. The molecule has 0 atom stereocenters. The molecule has 2 heterocycles. The lowest BCUT2D eigenvalue weighted by Crippen LogP contribution is -2.11. The number of halogens is 1. The Morgan fingerprint density at radius 3 is 2.13 bits per heavy atom. The zero-order valence-corrected chi connectivity index (χ0v) is 18.1. The van der Waals surface area contributed by atoms with Crippen LogP contribution in [0.2, 0.25) is 5.02 Å². The molecule has 0 fully saturated rings. The second-order valence-corrected chi connectivity index (χ2v) is 7.58. The van der Waals surface area contributed by atoms with Crippen molar-refractivity contribution in [2.45, 2.75) is 20.8 Å². The van der Waals surface area contributed by atoms with Crippen LogP contribution >= 0.6 is 11.6 Å². The molecule has 156 valence electrons. The van der Waals surface area contributed by atoms with Crippen molar-refractivity contribution in [1.29, 1.82) is 0 Å². The van der Waals surface area contributed by atoms with Crippen LogP contribution in [0.1, 0.15) is 27.3 Å². The molecule has 0 saturated carbocycles. The minimum absolute atomic E-state index is 0.196. The Hall–Kier alpha value is -3.71. The number of benzene rings is 2. The number of carbonyl (C=O) groups is 1. The Labute approximate surface area is 185 Å². The Balaban J connectivity index is 1.41. The van der Waals surface area contributed by atoms with Gasteiger partial charge in [-0.3, -0.25) is 4.79 Å². The van der Waals surface area contributed by atoms with E-state index in [1.54, 1.807) is 28.9 Å². The normalized spacial score (nSPS) is 10.7. The fraction of sp³-hybridized carbons (Fsp3) is 0.130. The molecule has 0 bridgehead atoms. The van der Waals surface area contributed by atoms with Crippen molar-refractivity contribution in [1.82, 2.24) is 20.0 Å². The van der Waals surface area contributed by atoms with E-state index in [2.05, 4.69) is 25.9 Å². The average Bonchev–Trinajstić information content (AvgIpc) is 3.03. The molecule has 4 rings (SSSR count). The lowest BCUT2D eigenvalue weighted by molar-refractivity contribution is 0.102. The number of nitrogens with one attached hydrogen (secondary N) is 2. The van der Waals surface area contributed by atoms with E-state index in [1.807, 2.05) is 57.2 Å². The van der Waals surface area contributed by atoms with Crippen LogP contribution in [0.3, 0.4) is 0 Å². The fourth-order valence-electron chi connectivity index (χ4n) is 3.04. The standard InChI is InChI=1S/C23H21ClN6O/c1-14-15(2)29-30(16(14)3)22-13-12-21(27-28-22)25-19-8-10-20(11-9-19)26-23(31)17-4-6-18(24)7-5-17/h4-13H,1-3H3,(H,25,27)(H,26,31). The maximum atomic E-state index is 12.3. The summed E-state index contributed by atoms with van der Waals surface area (Å²) in [6, 6.07) is 17.8. The van der Waals surface area contributed by atoms with Crippen LogP contribution in [0.15, 0.2) is 60.7 Å². The first-order chi connectivity index (χ1) is 14.9. The first-order valence-corrected chi connectivity index (χ1v) is 10.1. The van der Waals surface area contributed by atoms with Crippen molar-refractivity contribution in [3.05, 3.63) is 88.2 Å².